The molecule has 2 aromatic heterocycles. The zero-order valence-electron chi connectivity index (χ0n) is 12.8. The molecular weight excluding hydrogens is 301 g/mol. The maximum Gasteiger partial charge on any atom is 0.257 e. The number of pyridine rings is 1. The molecule has 0 spiro atoms. The summed E-state index contributed by atoms with van der Waals surface area (Å²) < 4.78 is 19.4. The number of hydrogen-bond donors (Lipinski definition) is 1. The molecule has 3 heterocycles. The largest absolute Gasteiger partial charge is 0.366 e. The minimum atomic E-state index is -0.622. The topological polar surface area (TPSA) is 84.0 Å². The summed E-state index contributed by atoms with van der Waals surface area (Å²) in [4.78, 5) is 22.1. The number of aryl methyl sites for hydroxylation is 1. The highest BCUT2D eigenvalue weighted by Gasteiger charge is 2.29. The number of H-pyrrole nitrogens is 1. The quantitative estimate of drug-likeness (QED) is 0.923. The lowest BCUT2D eigenvalue weighted by molar-refractivity contribution is -0.0268. The first-order valence-corrected chi connectivity index (χ1v) is 7.60. The van der Waals surface area contributed by atoms with Crippen molar-refractivity contribution < 1.29 is 13.9 Å². The Labute approximate surface area is 132 Å². The summed E-state index contributed by atoms with van der Waals surface area (Å²) in [6.07, 6.45) is 3.81. The highest BCUT2D eigenvalue weighted by atomic mass is 19.1. The normalized spacial score (nSPS) is 18.2. The molecule has 1 N–H and O–H groups in total. The van der Waals surface area contributed by atoms with Crippen LogP contribution < -0.4 is 0 Å². The third kappa shape index (κ3) is 3.37. The minimum Gasteiger partial charge on any atom is -0.366 e. The molecule has 122 valence electrons. The molecule has 0 unspecified atom stereocenters. The molecule has 1 aliphatic heterocycles. The molecule has 1 saturated heterocycles. The second kappa shape index (κ2) is 6.82. The molecule has 8 heteroatoms. The molecule has 0 bridgehead atoms. The number of nitrogens with zero attached hydrogens (tertiary/aromatic N) is 4. The lowest BCUT2D eigenvalue weighted by Crippen LogP contribution is -2.42. The number of carbonyl (C=O) groups is 1. The van der Waals surface area contributed by atoms with E-state index in [1.807, 2.05) is 0 Å². The maximum absolute atomic E-state index is 13.7. The van der Waals surface area contributed by atoms with Crippen LogP contribution in [0.5, 0.6) is 0 Å². The zero-order chi connectivity index (χ0) is 16.2. The molecule has 7 nitrogen and oxygen atoms in total. The molecule has 0 aromatic carbocycles. The summed E-state index contributed by atoms with van der Waals surface area (Å²) in [6.45, 7) is 3.12. The number of morpholine rings is 1. The van der Waals surface area contributed by atoms with Gasteiger partial charge in [0.1, 0.15) is 11.9 Å². The number of nitrogens with one attached hydrogen (secondary N) is 1. The third-order valence-corrected chi connectivity index (χ3v) is 3.68. The lowest BCUT2D eigenvalue weighted by atomic mass is 10.2. The number of carbonyl (C=O) groups excluding carboxylic acids is 1. The molecule has 0 radical (unpaired) electrons. The van der Waals surface area contributed by atoms with Crippen LogP contribution in [0.25, 0.3) is 0 Å². The summed E-state index contributed by atoms with van der Waals surface area (Å²) in [5.41, 5.74) is 0.0160. The van der Waals surface area contributed by atoms with Crippen molar-refractivity contribution >= 4 is 5.91 Å². The molecular formula is C15H18FN5O2. The van der Waals surface area contributed by atoms with E-state index in [4.69, 9.17) is 4.74 Å². The Balaban J connectivity index is 1.72. The average molecular weight is 319 g/mol. The molecule has 0 aliphatic carbocycles. The number of halogens is 1. The first-order valence-electron chi connectivity index (χ1n) is 7.60. The van der Waals surface area contributed by atoms with Gasteiger partial charge in [0.25, 0.3) is 5.91 Å². The summed E-state index contributed by atoms with van der Waals surface area (Å²) in [5.74, 6) is 0.335. The van der Waals surface area contributed by atoms with Gasteiger partial charge in [0.05, 0.1) is 24.9 Å². The highest BCUT2D eigenvalue weighted by molar-refractivity contribution is 5.94. The van der Waals surface area contributed by atoms with E-state index in [0.29, 0.717) is 25.5 Å². The summed E-state index contributed by atoms with van der Waals surface area (Å²) in [7, 11) is 0. The van der Waals surface area contributed by atoms with Crippen molar-refractivity contribution in [3.63, 3.8) is 0 Å². The van der Waals surface area contributed by atoms with E-state index >= 15 is 0 Å². The molecule has 1 fully saturated rings. The standard InChI is InChI=1S/C15H18FN5O2/c1-2-3-13-18-14(20-19-13)12-9-21(6-7-23-12)15(22)10-4-5-17-8-11(10)16/h4-5,8,12H,2-3,6-7,9H2,1H3,(H,18,19,20)/t12-/m0/s1. The number of rotatable bonds is 4. The van der Waals surface area contributed by atoms with Gasteiger partial charge in [-0.2, -0.15) is 5.10 Å². The van der Waals surface area contributed by atoms with Crippen LogP contribution in [0.15, 0.2) is 18.5 Å². The number of amides is 1. The fraction of sp³-hybridized carbons (Fsp3) is 0.467. The SMILES string of the molecule is CCCc1nc([C@@H]2CN(C(=O)c3ccncc3F)CCO2)n[nH]1. The number of aromatic amines is 1. The molecule has 1 amide bonds. The van der Waals surface area contributed by atoms with Gasteiger partial charge in [0.15, 0.2) is 11.6 Å². The van der Waals surface area contributed by atoms with Crippen molar-refractivity contribution in [3.8, 4) is 0 Å². The molecule has 1 aliphatic rings. The summed E-state index contributed by atoms with van der Waals surface area (Å²) >= 11 is 0. The highest BCUT2D eigenvalue weighted by Crippen LogP contribution is 2.21. The van der Waals surface area contributed by atoms with Gasteiger partial charge in [0, 0.05) is 19.2 Å². The number of ether oxygens (including phenoxy) is 1. The third-order valence-electron chi connectivity index (χ3n) is 3.68. The smallest absolute Gasteiger partial charge is 0.257 e. The summed E-state index contributed by atoms with van der Waals surface area (Å²) in [5, 5.41) is 7.04. The van der Waals surface area contributed by atoms with Crippen LogP contribution in [0.4, 0.5) is 4.39 Å². The number of aromatic nitrogens is 4. The van der Waals surface area contributed by atoms with Gasteiger partial charge in [-0.25, -0.2) is 9.37 Å². The Bertz CT molecular complexity index is 690. The first kappa shape index (κ1) is 15.5. The van der Waals surface area contributed by atoms with Crippen LogP contribution in [0.2, 0.25) is 0 Å². The maximum atomic E-state index is 13.7. The molecule has 0 saturated carbocycles. The average Bonchev–Trinajstić information content (AvgIpc) is 3.04. The fourth-order valence-corrected chi connectivity index (χ4v) is 2.51. The van der Waals surface area contributed by atoms with Crippen molar-refractivity contribution in [2.24, 2.45) is 0 Å². The Kier molecular flexibility index (Phi) is 4.61. The van der Waals surface area contributed by atoms with Crippen LogP contribution in [0.3, 0.4) is 0 Å². The van der Waals surface area contributed by atoms with Crippen LogP contribution >= 0.6 is 0 Å². The van der Waals surface area contributed by atoms with Crippen molar-refractivity contribution in [1.82, 2.24) is 25.1 Å². The predicted molar refractivity (Wildman–Crippen MR) is 79.2 cm³/mol. The molecule has 3 rings (SSSR count). The van der Waals surface area contributed by atoms with E-state index in [-0.39, 0.29) is 11.5 Å². The van der Waals surface area contributed by atoms with Crippen molar-refractivity contribution in [1.29, 1.82) is 0 Å². The molecule has 1 atom stereocenters. The van der Waals surface area contributed by atoms with Gasteiger partial charge in [0.2, 0.25) is 0 Å². The van der Waals surface area contributed by atoms with E-state index in [1.54, 1.807) is 4.90 Å². The zero-order valence-corrected chi connectivity index (χ0v) is 12.8. The van der Waals surface area contributed by atoms with Gasteiger partial charge >= 0.3 is 0 Å². The van der Waals surface area contributed by atoms with Crippen molar-refractivity contribution in [2.75, 3.05) is 19.7 Å². The Hall–Kier alpha value is -2.35. The second-order valence-corrected chi connectivity index (χ2v) is 5.36. The van der Waals surface area contributed by atoms with Gasteiger partial charge in [-0.15, -0.1) is 0 Å². The van der Waals surface area contributed by atoms with E-state index in [9.17, 15) is 9.18 Å². The van der Waals surface area contributed by atoms with Crippen LogP contribution in [0, 0.1) is 5.82 Å². The van der Waals surface area contributed by atoms with Gasteiger partial charge in [-0.1, -0.05) is 6.92 Å². The predicted octanol–water partition coefficient (Wildman–Crippen LogP) is 1.50. The van der Waals surface area contributed by atoms with E-state index in [1.165, 1.54) is 12.3 Å². The fourth-order valence-electron chi connectivity index (χ4n) is 2.51. The van der Waals surface area contributed by atoms with Crippen molar-refractivity contribution in [3.05, 3.63) is 41.5 Å². The second-order valence-electron chi connectivity index (χ2n) is 5.36. The Morgan fingerprint density at radius 2 is 2.43 bits per heavy atom. The Morgan fingerprint density at radius 3 is 3.22 bits per heavy atom. The van der Waals surface area contributed by atoms with Gasteiger partial charge in [-0.3, -0.25) is 14.9 Å². The minimum absolute atomic E-state index is 0.0160. The number of hydrogen-bond acceptors (Lipinski definition) is 5. The van der Waals surface area contributed by atoms with Gasteiger partial charge < -0.3 is 9.64 Å². The van der Waals surface area contributed by atoms with Crippen LogP contribution in [-0.2, 0) is 11.2 Å². The monoisotopic (exact) mass is 319 g/mol. The van der Waals surface area contributed by atoms with E-state index < -0.39 is 11.9 Å². The van der Waals surface area contributed by atoms with Gasteiger partial charge in [-0.05, 0) is 12.5 Å². The summed E-state index contributed by atoms with van der Waals surface area (Å²) in [6, 6.07) is 1.38. The van der Waals surface area contributed by atoms with Crippen LogP contribution in [-0.4, -0.2) is 50.7 Å². The Morgan fingerprint density at radius 1 is 1.57 bits per heavy atom. The first-order chi connectivity index (χ1) is 11.2. The van der Waals surface area contributed by atoms with E-state index in [2.05, 4.69) is 27.1 Å². The molecule has 2 aromatic rings. The van der Waals surface area contributed by atoms with E-state index in [0.717, 1.165) is 24.9 Å². The molecule has 23 heavy (non-hydrogen) atoms. The van der Waals surface area contributed by atoms with Crippen molar-refractivity contribution in [2.45, 2.75) is 25.9 Å². The lowest BCUT2D eigenvalue weighted by Gasteiger charge is -2.31. The van der Waals surface area contributed by atoms with Crippen LogP contribution in [0.1, 0.15) is 41.5 Å².